The molecule has 2 aliphatic rings. The molecule has 0 aromatic heterocycles. The number of nitrogens with one attached hydrogen (secondary N) is 1. The second kappa shape index (κ2) is 7.54. The fourth-order valence-corrected chi connectivity index (χ4v) is 4.20. The number of aliphatic imine (C=N–C) groups is 1. The molecule has 0 aliphatic carbocycles. The summed E-state index contributed by atoms with van der Waals surface area (Å²) in [7, 11) is 0. The number of carbonyl (C=O) groups is 1. The van der Waals surface area contributed by atoms with Crippen LogP contribution in [0.2, 0.25) is 0 Å². The number of nitrogens with zero attached hydrogens (tertiary/aromatic N) is 2. The van der Waals surface area contributed by atoms with Gasteiger partial charge >= 0.3 is 0 Å². The van der Waals surface area contributed by atoms with Crippen molar-refractivity contribution >= 4 is 34.6 Å². The van der Waals surface area contributed by atoms with Crippen molar-refractivity contribution in [3.63, 3.8) is 0 Å². The largest absolute Gasteiger partial charge is 0.872 e. The van der Waals surface area contributed by atoms with Crippen LogP contribution in [0.25, 0.3) is 6.08 Å². The van der Waals surface area contributed by atoms with Crippen LogP contribution in [-0.2, 0) is 4.79 Å². The fourth-order valence-electron chi connectivity index (χ4n) is 3.23. The maximum atomic E-state index is 13.1. The predicted octanol–water partition coefficient (Wildman–Crippen LogP) is 1.40. The van der Waals surface area contributed by atoms with E-state index in [1.807, 2.05) is 12.1 Å². The van der Waals surface area contributed by atoms with Gasteiger partial charge in [0.25, 0.3) is 5.91 Å². The van der Waals surface area contributed by atoms with E-state index in [1.54, 1.807) is 18.2 Å². The average molecular weight is 383 g/mol. The minimum Gasteiger partial charge on any atom is -0.872 e. The molecule has 4 rings (SSSR count). The molecule has 27 heavy (non-hydrogen) atoms. The van der Waals surface area contributed by atoms with Gasteiger partial charge in [-0.3, -0.25) is 9.69 Å². The molecule has 0 bridgehead atoms. The summed E-state index contributed by atoms with van der Waals surface area (Å²) in [4.78, 5) is 20.3. The number of halogens is 1. The lowest BCUT2D eigenvalue weighted by atomic mass is 10.2. The minimum atomic E-state index is -0.264. The summed E-state index contributed by atoms with van der Waals surface area (Å²) in [5, 5.41) is 12.2. The number of rotatable bonds is 2. The molecule has 0 atom stereocenters. The van der Waals surface area contributed by atoms with Crippen LogP contribution in [0, 0.1) is 5.82 Å². The Morgan fingerprint density at radius 2 is 1.89 bits per heavy atom. The van der Waals surface area contributed by atoms with Gasteiger partial charge in [0.1, 0.15) is 11.5 Å². The molecule has 1 amide bonds. The minimum absolute atomic E-state index is 0.0826. The van der Waals surface area contributed by atoms with Crippen molar-refractivity contribution in [2.75, 3.05) is 26.2 Å². The molecule has 7 heteroatoms. The van der Waals surface area contributed by atoms with E-state index in [-0.39, 0.29) is 17.5 Å². The van der Waals surface area contributed by atoms with Crippen LogP contribution in [0.4, 0.5) is 10.1 Å². The van der Waals surface area contributed by atoms with E-state index in [4.69, 9.17) is 0 Å². The fraction of sp³-hybridized carbons (Fsp3) is 0.200. The first-order chi connectivity index (χ1) is 13.1. The number of hydrogen-bond donors (Lipinski definition) is 1. The molecule has 138 valence electrons. The van der Waals surface area contributed by atoms with E-state index in [0.717, 1.165) is 31.9 Å². The van der Waals surface area contributed by atoms with E-state index in [2.05, 4.69) is 9.89 Å². The van der Waals surface area contributed by atoms with Gasteiger partial charge in [0.2, 0.25) is 0 Å². The summed E-state index contributed by atoms with van der Waals surface area (Å²) >= 11 is 1.35. The smallest absolute Gasteiger partial charge is 0.286 e. The van der Waals surface area contributed by atoms with E-state index < -0.39 is 0 Å². The zero-order valence-corrected chi connectivity index (χ0v) is 15.3. The third-order valence-electron chi connectivity index (χ3n) is 4.66. The lowest BCUT2D eigenvalue weighted by Crippen LogP contribution is -3.10. The Bertz CT molecular complexity index is 919. The van der Waals surface area contributed by atoms with Gasteiger partial charge in [-0.15, -0.1) is 5.75 Å². The van der Waals surface area contributed by atoms with Gasteiger partial charge in [-0.1, -0.05) is 24.3 Å². The number of piperazine rings is 1. The lowest BCUT2D eigenvalue weighted by molar-refractivity contribution is -0.837. The molecular formula is C20H18FN3O2S. The number of amidine groups is 1. The summed E-state index contributed by atoms with van der Waals surface area (Å²) in [6.45, 7) is 3.26. The van der Waals surface area contributed by atoms with Gasteiger partial charge in [0.05, 0.1) is 31.1 Å². The SMILES string of the molecule is O=C1N=C(N2CC[NH+](c3ccc(F)cc3)CC2)SC1=Cc1cccc([O-])c1. The number of amides is 1. The predicted molar refractivity (Wildman–Crippen MR) is 102 cm³/mol. The van der Waals surface area contributed by atoms with Crippen LogP contribution in [0.15, 0.2) is 58.4 Å². The maximum Gasteiger partial charge on any atom is 0.286 e. The van der Waals surface area contributed by atoms with E-state index in [1.165, 1.54) is 40.9 Å². The average Bonchev–Trinajstić information content (AvgIpc) is 3.03. The third kappa shape index (κ3) is 4.04. The first kappa shape index (κ1) is 17.8. The molecule has 0 radical (unpaired) electrons. The Balaban J connectivity index is 1.40. The van der Waals surface area contributed by atoms with Crippen LogP contribution in [0.1, 0.15) is 5.56 Å². The van der Waals surface area contributed by atoms with Crippen LogP contribution in [0.3, 0.4) is 0 Å². The Labute approximate surface area is 160 Å². The van der Waals surface area contributed by atoms with Crippen LogP contribution in [-0.4, -0.2) is 42.2 Å². The number of thioether (sulfide) groups is 1. The van der Waals surface area contributed by atoms with Crippen molar-refractivity contribution in [3.8, 4) is 5.75 Å². The highest BCUT2D eigenvalue weighted by molar-refractivity contribution is 8.18. The number of benzene rings is 2. The van der Waals surface area contributed by atoms with Crippen molar-refractivity contribution in [2.24, 2.45) is 4.99 Å². The van der Waals surface area contributed by atoms with Gasteiger partial charge in [0.15, 0.2) is 5.17 Å². The second-order valence-electron chi connectivity index (χ2n) is 6.48. The topological polar surface area (TPSA) is 60.2 Å². The number of quaternary nitrogens is 1. The second-order valence-corrected chi connectivity index (χ2v) is 7.49. The molecule has 1 saturated heterocycles. The first-order valence-electron chi connectivity index (χ1n) is 8.74. The maximum absolute atomic E-state index is 13.1. The molecule has 2 aromatic carbocycles. The van der Waals surface area contributed by atoms with Gasteiger partial charge in [-0.05, 0) is 35.5 Å². The number of hydrogen-bond acceptors (Lipinski definition) is 4. The van der Waals surface area contributed by atoms with Crippen molar-refractivity contribution in [1.29, 1.82) is 0 Å². The molecule has 2 heterocycles. The zero-order chi connectivity index (χ0) is 18.8. The summed E-state index contributed by atoms with van der Waals surface area (Å²) in [5.74, 6) is -0.575. The molecule has 1 N–H and O–H groups in total. The highest BCUT2D eigenvalue weighted by Gasteiger charge is 2.30. The Morgan fingerprint density at radius 3 is 2.59 bits per heavy atom. The van der Waals surface area contributed by atoms with Crippen LogP contribution < -0.4 is 10.0 Å². The third-order valence-corrected chi connectivity index (χ3v) is 5.70. The molecule has 0 unspecified atom stereocenters. The van der Waals surface area contributed by atoms with Crippen LogP contribution >= 0.6 is 11.8 Å². The molecule has 0 saturated carbocycles. The molecule has 2 aliphatic heterocycles. The Morgan fingerprint density at radius 1 is 1.15 bits per heavy atom. The summed E-state index contributed by atoms with van der Waals surface area (Å²) in [6, 6.07) is 13.1. The Hall–Kier alpha value is -2.64. The standard InChI is InChI=1S/C20H18FN3O2S/c21-15-4-6-16(7-5-15)23-8-10-24(11-9-23)20-22-19(26)18(27-20)13-14-2-1-3-17(25)12-14/h1-7,12-13,25H,8-11H2. The molecule has 5 nitrogen and oxygen atoms in total. The van der Waals surface area contributed by atoms with Crippen molar-refractivity contribution < 1.29 is 19.2 Å². The van der Waals surface area contributed by atoms with Gasteiger partial charge < -0.3 is 10.0 Å². The summed E-state index contributed by atoms with van der Waals surface area (Å²) in [6.07, 6.45) is 1.71. The normalized spacial score (nSPS) is 19.6. The van der Waals surface area contributed by atoms with Gasteiger partial charge in [-0.2, -0.15) is 4.99 Å². The van der Waals surface area contributed by atoms with Gasteiger partial charge in [-0.25, -0.2) is 4.39 Å². The highest BCUT2D eigenvalue weighted by atomic mass is 32.2. The highest BCUT2D eigenvalue weighted by Crippen LogP contribution is 2.30. The van der Waals surface area contributed by atoms with E-state index in [9.17, 15) is 14.3 Å². The Kier molecular flexibility index (Phi) is 4.96. The zero-order valence-electron chi connectivity index (χ0n) is 14.5. The first-order valence-corrected chi connectivity index (χ1v) is 9.55. The van der Waals surface area contributed by atoms with Crippen molar-refractivity contribution in [3.05, 3.63) is 64.8 Å². The van der Waals surface area contributed by atoms with E-state index >= 15 is 0 Å². The number of carbonyl (C=O) groups excluding carboxylic acids is 1. The quantitative estimate of drug-likeness (QED) is 0.797. The van der Waals surface area contributed by atoms with Crippen LogP contribution in [0.5, 0.6) is 5.75 Å². The summed E-state index contributed by atoms with van der Waals surface area (Å²) in [5.41, 5.74) is 1.78. The lowest BCUT2D eigenvalue weighted by Gasteiger charge is -2.32. The molecular weight excluding hydrogens is 365 g/mol. The molecule has 2 aromatic rings. The monoisotopic (exact) mass is 383 g/mol. The molecule has 1 fully saturated rings. The van der Waals surface area contributed by atoms with E-state index in [0.29, 0.717) is 15.6 Å². The van der Waals surface area contributed by atoms with Gasteiger partial charge in [0, 0.05) is 12.1 Å². The summed E-state index contributed by atoms with van der Waals surface area (Å²) < 4.78 is 13.1. The van der Waals surface area contributed by atoms with Crippen molar-refractivity contribution in [1.82, 2.24) is 4.90 Å². The molecule has 0 spiro atoms. The van der Waals surface area contributed by atoms with Crippen molar-refractivity contribution in [2.45, 2.75) is 0 Å².